The van der Waals surface area contributed by atoms with E-state index in [0.717, 1.165) is 12.8 Å². The van der Waals surface area contributed by atoms with Crippen molar-refractivity contribution in [2.24, 2.45) is 10.1 Å². The number of hydrogen-bond donors (Lipinski definition) is 2. The molecule has 0 spiro atoms. The summed E-state index contributed by atoms with van der Waals surface area (Å²) in [5, 5.41) is 6.82. The van der Waals surface area contributed by atoms with Crippen molar-refractivity contribution < 1.29 is 9.59 Å². The minimum atomic E-state index is -1.38. The Morgan fingerprint density at radius 3 is 2.95 bits per heavy atom. The van der Waals surface area contributed by atoms with Crippen molar-refractivity contribution in [2.75, 3.05) is 20.6 Å². The van der Waals surface area contributed by atoms with E-state index in [9.17, 15) is 9.59 Å². The molecule has 3 amide bonds. The van der Waals surface area contributed by atoms with Crippen LogP contribution in [0.4, 0.5) is 4.79 Å². The Kier molecular flexibility index (Phi) is 3.41. The average molecular weight is 266 g/mol. The zero-order chi connectivity index (χ0) is 14.0. The van der Waals surface area contributed by atoms with E-state index in [0.29, 0.717) is 6.54 Å². The number of aliphatic imine (C=N–C) groups is 1. The summed E-state index contributed by atoms with van der Waals surface area (Å²) in [6.07, 6.45) is 3.18. The van der Waals surface area contributed by atoms with E-state index in [1.165, 1.54) is 16.1 Å². The molecule has 2 aliphatic rings. The number of amidine groups is 1. The Morgan fingerprint density at radius 1 is 1.53 bits per heavy atom. The molecule has 2 rings (SSSR count). The summed E-state index contributed by atoms with van der Waals surface area (Å²) < 4.78 is 0. The first-order valence-corrected chi connectivity index (χ1v) is 6.23. The number of nitrogens with one attached hydrogen (secondary N) is 2. The number of carbonyl (C=O) groups is 2. The molecule has 0 saturated carbocycles. The fourth-order valence-corrected chi connectivity index (χ4v) is 2.16. The third-order valence-corrected chi connectivity index (χ3v) is 3.30. The van der Waals surface area contributed by atoms with Gasteiger partial charge < -0.3 is 5.32 Å². The molecular formula is C11H18N6O2. The molecule has 8 heteroatoms. The molecule has 2 aliphatic heterocycles. The topological polar surface area (TPSA) is 89.4 Å². The lowest BCUT2D eigenvalue weighted by Gasteiger charge is -2.30. The fourth-order valence-electron chi connectivity index (χ4n) is 2.16. The number of fused-ring (bicyclic) bond motifs is 1. The van der Waals surface area contributed by atoms with Gasteiger partial charge in [-0.05, 0) is 6.42 Å². The van der Waals surface area contributed by atoms with Gasteiger partial charge in [-0.1, -0.05) is 13.3 Å². The minimum Gasteiger partial charge on any atom is -0.352 e. The maximum absolute atomic E-state index is 12.4. The van der Waals surface area contributed by atoms with Crippen molar-refractivity contribution in [2.45, 2.75) is 25.4 Å². The molecule has 0 aromatic rings. The Morgan fingerprint density at radius 2 is 2.26 bits per heavy atom. The first kappa shape index (κ1) is 13.3. The number of hydrazone groups is 1. The first-order chi connectivity index (χ1) is 9.05. The fraction of sp³-hybridized carbons (Fsp3) is 0.636. The molecule has 1 saturated heterocycles. The first-order valence-electron chi connectivity index (χ1n) is 6.23. The summed E-state index contributed by atoms with van der Waals surface area (Å²) in [7, 11) is 3.12. The second-order valence-electron chi connectivity index (χ2n) is 4.50. The van der Waals surface area contributed by atoms with Crippen LogP contribution < -0.4 is 10.7 Å². The van der Waals surface area contributed by atoms with Gasteiger partial charge >= 0.3 is 6.03 Å². The van der Waals surface area contributed by atoms with Crippen LogP contribution in [0.3, 0.4) is 0 Å². The standard InChI is InChI=1S/C11H18N6O2/c1-4-5-6-12-9(18)11-8(15-14-7-13-11)16(2)10(19)17(11)3/h7H,4-6H2,1-3H3,(H,12,18)(H,13,14)/t11-/m1/s1. The van der Waals surface area contributed by atoms with E-state index >= 15 is 0 Å². The highest BCUT2D eigenvalue weighted by Gasteiger charge is 2.59. The highest BCUT2D eigenvalue weighted by atomic mass is 16.2. The maximum atomic E-state index is 12.4. The summed E-state index contributed by atoms with van der Waals surface area (Å²) in [5.41, 5.74) is 1.19. The summed E-state index contributed by atoms with van der Waals surface area (Å²) in [4.78, 5) is 31.2. The number of carbonyl (C=O) groups excluding carboxylic acids is 2. The number of rotatable bonds is 4. The minimum absolute atomic E-state index is 0.288. The van der Waals surface area contributed by atoms with Crippen molar-refractivity contribution in [1.29, 1.82) is 0 Å². The van der Waals surface area contributed by atoms with Gasteiger partial charge in [-0.3, -0.25) is 20.0 Å². The van der Waals surface area contributed by atoms with Crippen LogP contribution in [0.5, 0.6) is 0 Å². The van der Waals surface area contributed by atoms with Gasteiger partial charge in [0.05, 0.1) is 0 Å². The SMILES string of the molecule is CCCCNC(=O)[C@@]12N=CNN=C1N(C)C(=O)N2C. The quantitative estimate of drug-likeness (QED) is 0.675. The molecule has 2 N–H and O–H groups in total. The number of urea groups is 1. The molecule has 0 bridgehead atoms. The monoisotopic (exact) mass is 266 g/mol. The smallest absolute Gasteiger partial charge is 0.327 e. The highest BCUT2D eigenvalue weighted by Crippen LogP contribution is 2.29. The molecule has 8 nitrogen and oxygen atoms in total. The number of nitrogens with zero attached hydrogens (tertiary/aromatic N) is 4. The van der Waals surface area contributed by atoms with Crippen LogP contribution in [0.15, 0.2) is 10.1 Å². The number of likely N-dealkylation sites (N-methyl/N-ethyl adjacent to an activating group) is 2. The van der Waals surface area contributed by atoms with Crippen molar-refractivity contribution in [1.82, 2.24) is 20.5 Å². The van der Waals surface area contributed by atoms with Gasteiger partial charge in [0.1, 0.15) is 6.34 Å². The van der Waals surface area contributed by atoms with Gasteiger partial charge in [0, 0.05) is 20.6 Å². The summed E-state index contributed by atoms with van der Waals surface area (Å²) in [6.45, 7) is 2.60. The molecule has 0 unspecified atom stereocenters. The van der Waals surface area contributed by atoms with Crippen molar-refractivity contribution >= 4 is 24.1 Å². The van der Waals surface area contributed by atoms with E-state index in [-0.39, 0.29) is 17.8 Å². The Balaban J connectivity index is 2.29. The average Bonchev–Trinajstić information content (AvgIpc) is 2.62. The number of hydrogen-bond acceptors (Lipinski definition) is 5. The predicted octanol–water partition coefficient (Wildman–Crippen LogP) is -0.459. The van der Waals surface area contributed by atoms with Crippen LogP contribution in [0.2, 0.25) is 0 Å². The van der Waals surface area contributed by atoms with Gasteiger partial charge in [-0.25, -0.2) is 9.79 Å². The van der Waals surface area contributed by atoms with Gasteiger partial charge in [0.15, 0.2) is 5.84 Å². The Labute approximate surface area is 111 Å². The molecule has 0 aliphatic carbocycles. The van der Waals surface area contributed by atoms with E-state index < -0.39 is 5.66 Å². The molecule has 104 valence electrons. The molecule has 0 aromatic heterocycles. The number of unbranched alkanes of at least 4 members (excludes halogenated alkanes) is 1. The molecule has 2 heterocycles. The van der Waals surface area contributed by atoms with Crippen molar-refractivity contribution in [3.63, 3.8) is 0 Å². The van der Waals surface area contributed by atoms with Gasteiger partial charge in [-0.15, -0.1) is 0 Å². The van der Waals surface area contributed by atoms with Crippen LogP contribution in [0.1, 0.15) is 19.8 Å². The lowest BCUT2D eigenvalue weighted by Crippen LogP contribution is -2.59. The van der Waals surface area contributed by atoms with Crippen LogP contribution in [0.25, 0.3) is 0 Å². The summed E-state index contributed by atoms with van der Waals surface area (Å²) in [5.74, 6) is -0.0471. The van der Waals surface area contributed by atoms with E-state index in [1.54, 1.807) is 14.1 Å². The van der Waals surface area contributed by atoms with Gasteiger partial charge in [-0.2, -0.15) is 5.10 Å². The molecule has 19 heavy (non-hydrogen) atoms. The normalized spacial score (nSPS) is 25.0. The molecule has 0 aromatic carbocycles. The van der Waals surface area contributed by atoms with Crippen LogP contribution in [-0.2, 0) is 4.79 Å². The molecule has 1 fully saturated rings. The highest BCUT2D eigenvalue weighted by molar-refractivity contribution is 6.22. The summed E-state index contributed by atoms with van der Waals surface area (Å²) in [6, 6.07) is -0.315. The zero-order valence-corrected chi connectivity index (χ0v) is 11.3. The lowest BCUT2D eigenvalue weighted by molar-refractivity contribution is -0.127. The zero-order valence-electron chi connectivity index (χ0n) is 11.3. The second-order valence-corrected chi connectivity index (χ2v) is 4.50. The Bertz CT molecular complexity index is 460. The number of amides is 3. The van der Waals surface area contributed by atoms with E-state index in [4.69, 9.17) is 0 Å². The summed E-state index contributed by atoms with van der Waals surface area (Å²) >= 11 is 0. The van der Waals surface area contributed by atoms with E-state index in [2.05, 4.69) is 20.8 Å². The molecular weight excluding hydrogens is 248 g/mol. The maximum Gasteiger partial charge on any atom is 0.327 e. The third-order valence-electron chi connectivity index (χ3n) is 3.30. The molecule has 1 atom stereocenters. The predicted molar refractivity (Wildman–Crippen MR) is 70.6 cm³/mol. The van der Waals surface area contributed by atoms with Crippen LogP contribution in [-0.4, -0.2) is 60.2 Å². The molecule has 0 radical (unpaired) electrons. The Hall–Kier alpha value is -2.12. The van der Waals surface area contributed by atoms with Crippen LogP contribution >= 0.6 is 0 Å². The van der Waals surface area contributed by atoms with Crippen molar-refractivity contribution in [3.05, 3.63) is 0 Å². The van der Waals surface area contributed by atoms with Crippen LogP contribution in [0, 0.1) is 0 Å². The second kappa shape index (κ2) is 4.87. The largest absolute Gasteiger partial charge is 0.352 e. The van der Waals surface area contributed by atoms with E-state index in [1.807, 2.05) is 6.92 Å². The third kappa shape index (κ3) is 1.83. The van der Waals surface area contributed by atoms with Gasteiger partial charge in [0.25, 0.3) is 11.6 Å². The van der Waals surface area contributed by atoms with Gasteiger partial charge in [0.2, 0.25) is 0 Å². The van der Waals surface area contributed by atoms with Crippen molar-refractivity contribution in [3.8, 4) is 0 Å². The lowest BCUT2D eigenvalue weighted by atomic mass is 10.1.